The monoisotopic (exact) mass is 493 g/mol. The van der Waals surface area contributed by atoms with Crippen molar-refractivity contribution in [2.75, 3.05) is 10.6 Å². The second-order valence-electron chi connectivity index (χ2n) is 7.68. The fraction of sp³-hybridized carbons (Fsp3) is 0.217. The maximum Gasteiger partial charge on any atom is 0.310 e. The summed E-state index contributed by atoms with van der Waals surface area (Å²) >= 11 is 0. The van der Waals surface area contributed by atoms with E-state index >= 15 is 0 Å². The number of ether oxygens (including phenoxy) is 1. The minimum Gasteiger partial charge on any atom is -0.479 e. The number of nitro groups is 1. The normalized spacial score (nSPS) is 10.8. The Kier molecular flexibility index (Phi) is 6.81. The van der Waals surface area contributed by atoms with Crippen LogP contribution in [0.15, 0.2) is 53.2 Å². The van der Waals surface area contributed by atoms with E-state index in [-0.39, 0.29) is 40.9 Å². The zero-order valence-corrected chi connectivity index (χ0v) is 19.7. The summed E-state index contributed by atoms with van der Waals surface area (Å²) in [5, 5.41) is 24.9. The van der Waals surface area contributed by atoms with Gasteiger partial charge in [-0.25, -0.2) is 0 Å². The standard InChI is InChI=1S/C23H23N7O6/c1-4-29-21(23(32)26-16-11-24-28(3)14(16)2)17(12-25-29)27-22(31)20-10-9-15(36-20)13-35-19-8-6-5-7-18(19)30(33)34/h5-12H,4,13H2,1-3H3,(H,26,32)(H,27,31). The highest BCUT2D eigenvalue weighted by molar-refractivity contribution is 6.11. The number of nitrogens with one attached hydrogen (secondary N) is 2. The number of carbonyl (C=O) groups excluding carboxylic acids is 2. The van der Waals surface area contributed by atoms with E-state index in [1.165, 1.54) is 47.4 Å². The number of para-hydroxylation sites is 2. The van der Waals surface area contributed by atoms with E-state index in [0.29, 0.717) is 12.2 Å². The van der Waals surface area contributed by atoms with Crippen molar-refractivity contribution in [2.45, 2.75) is 27.0 Å². The van der Waals surface area contributed by atoms with E-state index in [0.717, 1.165) is 5.69 Å². The van der Waals surface area contributed by atoms with Crippen molar-refractivity contribution in [1.29, 1.82) is 0 Å². The van der Waals surface area contributed by atoms with Crippen molar-refractivity contribution in [2.24, 2.45) is 7.05 Å². The number of benzene rings is 1. The van der Waals surface area contributed by atoms with Gasteiger partial charge < -0.3 is 19.8 Å². The number of nitro benzene ring substituents is 1. The van der Waals surface area contributed by atoms with Crippen LogP contribution in [0.5, 0.6) is 5.75 Å². The molecule has 0 unspecified atom stereocenters. The van der Waals surface area contributed by atoms with Gasteiger partial charge in [0.25, 0.3) is 11.8 Å². The van der Waals surface area contributed by atoms with Gasteiger partial charge in [0.15, 0.2) is 11.5 Å². The maximum absolute atomic E-state index is 13.0. The van der Waals surface area contributed by atoms with Gasteiger partial charge in [0.1, 0.15) is 18.1 Å². The lowest BCUT2D eigenvalue weighted by Crippen LogP contribution is -2.21. The third-order valence-electron chi connectivity index (χ3n) is 5.40. The topological polar surface area (TPSA) is 159 Å². The SMILES string of the molecule is CCn1ncc(NC(=O)c2ccc(COc3ccccc3[N+](=O)[O-])o2)c1C(=O)Nc1cnn(C)c1C. The zero-order valence-electron chi connectivity index (χ0n) is 19.7. The summed E-state index contributed by atoms with van der Waals surface area (Å²) in [5.41, 5.74) is 1.50. The molecule has 2 amide bonds. The van der Waals surface area contributed by atoms with Crippen molar-refractivity contribution < 1.29 is 23.7 Å². The number of anilines is 2. The van der Waals surface area contributed by atoms with Crippen LogP contribution in [0.3, 0.4) is 0 Å². The summed E-state index contributed by atoms with van der Waals surface area (Å²) in [6, 6.07) is 8.92. The summed E-state index contributed by atoms with van der Waals surface area (Å²) in [4.78, 5) is 36.4. The molecule has 186 valence electrons. The average molecular weight is 493 g/mol. The molecule has 13 heteroatoms. The molecule has 3 aromatic heterocycles. The number of aryl methyl sites for hydroxylation is 2. The molecule has 0 aliphatic rings. The molecular weight excluding hydrogens is 470 g/mol. The van der Waals surface area contributed by atoms with Crippen LogP contribution in [0.2, 0.25) is 0 Å². The Morgan fingerprint density at radius 1 is 1.08 bits per heavy atom. The van der Waals surface area contributed by atoms with Gasteiger partial charge in [-0.2, -0.15) is 10.2 Å². The van der Waals surface area contributed by atoms with Crippen LogP contribution in [0.1, 0.15) is 39.4 Å². The van der Waals surface area contributed by atoms with Crippen LogP contribution >= 0.6 is 0 Å². The third-order valence-corrected chi connectivity index (χ3v) is 5.40. The molecule has 1 aromatic carbocycles. The highest BCUT2D eigenvalue weighted by Gasteiger charge is 2.23. The van der Waals surface area contributed by atoms with Gasteiger partial charge in [-0.3, -0.25) is 29.1 Å². The second-order valence-corrected chi connectivity index (χ2v) is 7.68. The minimum absolute atomic E-state index is 0.0325. The van der Waals surface area contributed by atoms with Crippen LogP contribution in [-0.4, -0.2) is 36.3 Å². The molecule has 36 heavy (non-hydrogen) atoms. The van der Waals surface area contributed by atoms with Crippen molar-refractivity contribution in [3.05, 3.63) is 81.8 Å². The molecule has 0 saturated carbocycles. The number of furan rings is 1. The van der Waals surface area contributed by atoms with Crippen molar-refractivity contribution in [1.82, 2.24) is 19.6 Å². The first kappa shape index (κ1) is 24.2. The Bertz CT molecular complexity index is 1430. The molecule has 4 rings (SSSR count). The van der Waals surface area contributed by atoms with Crippen molar-refractivity contribution >= 4 is 28.9 Å². The lowest BCUT2D eigenvalue weighted by Gasteiger charge is -2.09. The van der Waals surface area contributed by atoms with Gasteiger partial charge in [-0.15, -0.1) is 0 Å². The lowest BCUT2D eigenvalue weighted by molar-refractivity contribution is -0.386. The van der Waals surface area contributed by atoms with Crippen LogP contribution < -0.4 is 15.4 Å². The molecule has 0 bridgehead atoms. The number of rotatable bonds is 9. The van der Waals surface area contributed by atoms with E-state index < -0.39 is 16.7 Å². The Balaban J connectivity index is 1.46. The molecule has 0 spiro atoms. The number of nitrogens with zero attached hydrogens (tertiary/aromatic N) is 5. The quantitative estimate of drug-likeness (QED) is 0.265. The van der Waals surface area contributed by atoms with Crippen LogP contribution in [0.4, 0.5) is 17.1 Å². The van der Waals surface area contributed by atoms with Gasteiger partial charge in [0.2, 0.25) is 0 Å². The average Bonchev–Trinajstić information content (AvgIpc) is 3.58. The predicted molar refractivity (Wildman–Crippen MR) is 128 cm³/mol. The molecule has 0 aliphatic heterocycles. The molecule has 0 aliphatic carbocycles. The van der Waals surface area contributed by atoms with E-state index in [1.54, 1.807) is 17.8 Å². The number of hydrogen-bond donors (Lipinski definition) is 2. The van der Waals surface area contributed by atoms with E-state index in [2.05, 4.69) is 20.8 Å². The van der Waals surface area contributed by atoms with E-state index in [1.807, 2.05) is 13.8 Å². The summed E-state index contributed by atoms with van der Waals surface area (Å²) in [6.45, 7) is 3.92. The fourth-order valence-corrected chi connectivity index (χ4v) is 3.40. The molecule has 3 heterocycles. The Morgan fingerprint density at radius 3 is 2.50 bits per heavy atom. The molecule has 4 aromatic rings. The second kappa shape index (κ2) is 10.1. The van der Waals surface area contributed by atoms with Gasteiger partial charge in [0, 0.05) is 19.7 Å². The van der Waals surface area contributed by atoms with E-state index in [4.69, 9.17) is 9.15 Å². The lowest BCUT2D eigenvalue weighted by atomic mass is 10.3. The molecule has 0 saturated heterocycles. The Morgan fingerprint density at radius 2 is 1.81 bits per heavy atom. The first-order chi connectivity index (χ1) is 17.3. The van der Waals surface area contributed by atoms with Gasteiger partial charge in [0.05, 0.1) is 34.4 Å². The molecule has 13 nitrogen and oxygen atoms in total. The first-order valence-corrected chi connectivity index (χ1v) is 10.9. The summed E-state index contributed by atoms with van der Waals surface area (Å²) in [5.74, 6) is -0.730. The molecule has 0 atom stereocenters. The maximum atomic E-state index is 13.0. The zero-order chi connectivity index (χ0) is 25.8. The Labute approximate surface area is 204 Å². The molecule has 2 N–H and O–H groups in total. The van der Waals surface area contributed by atoms with Gasteiger partial charge in [-0.05, 0) is 32.0 Å². The molecule has 0 radical (unpaired) electrons. The van der Waals surface area contributed by atoms with Gasteiger partial charge >= 0.3 is 5.69 Å². The summed E-state index contributed by atoms with van der Waals surface area (Å²) in [7, 11) is 1.76. The number of aromatic nitrogens is 4. The van der Waals surface area contributed by atoms with Crippen LogP contribution in [0.25, 0.3) is 0 Å². The molecular formula is C23H23N7O6. The fourth-order valence-electron chi connectivity index (χ4n) is 3.40. The highest BCUT2D eigenvalue weighted by atomic mass is 16.6. The third kappa shape index (κ3) is 4.94. The molecule has 0 fully saturated rings. The largest absolute Gasteiger partial charge is 0.479 e. The van der Waals surface area contributed by atoms with E-state index in [9.17, 15) is 19.7 Å². The smallest absolute Gasteiger partial charge is 0.310 e. The van der Waals surface area contributed by atoms with Crippen LogP contribution in [0, 0.1) is 17.0 Å². The predicted octanol–water partition coefficient (Wildman–Crippen LogP) is 3.53. The van der Waals surface area contributed by atoms with Gasteiger partial charge in [-0.1, -0.05) is 12.1 Å². The van der Waals surface area contributed by atoms with Crippen molar-refractivity contribution in [3.63, 3.8) is 0 Å². The van der Waals surface area contributed by atoms with Crippen molar-refractivity contribution in [3.8, 4) is 5.75 Å². The Hall–Kier alpha value is -4.94. The number of carbonyl (C=O) groups is 2. The number of hydrogen-bond acceptors (Lipinski definition) is 8. The first-order valence-electron chi connectivity index (χ1n) is 10.9. The summed E-state index contributed by atoms with van der Waals surface area (Å²) < 4.78 is 14.1. The highest BCUT2D eigenvalue weighted by Crippen LogP contribution is 2.27. The minimum atomic E-state index is -0.603. The van der Waals surface area contributed by atoms with Crippen LogP contribution in [-0.2, 0) is 20.2 Å². The summed E-state index contributed by atoms with van der Waals surface area (Å²) in [6.07, 6.45) is 2.92. The number of amides is 2.